The molecule has 0 saturated heterocycles. The Morgan fingerprint density at radius 1 is 1.59 bits per heavy atom. The van der Waals surface area contributed by atoms with E-state index in [4.69, 9.17) is 14.0 Å². The van der Waals surface area contributed by atoms with Crippen LogP contribution < -0.4 is 0 Å². The van der Waals surface area contributed by atoms with Crippen molar-refractivity contribution in [3.63, 3.8) is 0 Å². The average Bonchev–Trinajstić information content (AvgIpc) is 2.75. The number of rotatable bonds is 3. The molecular weight excluding hydrogens is 224 g/mol. The Balaban J connectivity index is 1.85. The molecule has 0 radical (unpaired) electrons. The van der Waals surface area contributed by atoms with E-state index in [1.807, 2.05) is 6.92 Å². The Kier molecular flexibility index (Phi) is 2.04. The van der Waals surface area contributed by atoms with Crippen LogP contribution in [-0.4, -0.2) is 21.2 Å². The summed E-state index contributed by atoms with van der Waals surface area (Å²) >= 11 is 0. The van der Waals surface area contributed by atoms with E-state index in [-0.39, 0.29) is 11.8 Å². The molecule has 1 aliphatic rings. The molecule has 2 aromatic heterocycles. The number of aromatic nitrogens is 2. The van der Waals surface area contributed by atoms with Crippen molar-refractivity contribution < 1.29 is 18.8 Å². The molecule has 6 nitrogen and oxygen atoms in total. The van der Waals surface area contributed by atoms with Gasteiger partial charge in [-0.15, -0.1) is 0 Å². The summed E-state index contributed by atoms with van der Waals surface area (Å²) in [7, 11) is 0. The van der Waals surface area contributed by atoms with Crippen molar-refractivity contribution in [3.8, 4) is 11.4 Å². The summed E-state index contributed by atoms with van der Waals surface area (Å²) < 4.78 is 10.2. The Hall–Kier alpha value is -2.11. The molecule has 0 spiro atoms. The van der Waals surface area contributed by atoms with Crippen LogP contribution in [0.4, 0.5) is 0 Å². The quantitative estimate of drug-likeness (QED) is 0.871. The van der Waals surface area contributed by atoms with Crippen molar-refractivity contribution in [2.75, 3.05) is 0 Å². The predicted molar refractivity (Wildman–Crippen MR) is 55.2 cm³/mol. The number of carbonyl (C=O) groups is 1. The van der Waals surface area contributed by atoms with E-state index in [1.54, 1.807) is 12.3 Å². The SMILES string of the molecule is Cc1occc1-c1noc(C2CC2C(=O)O)n1. The predicted octanol–water partition coefficient (Wildman–Crippen LogP) is 1.83. The third-order valence-corrected chi connectivity index (χ3v) is 2.97. The van der Waals surface area contributed by atoms with Gasteiger partial charge in [-0.2, -0.15) is 4.98 Å². The maximum Gasteiger partial charge on any atom is 0.307 e. The van der Waals surface area contributed by atoms with Gasteiger partial charge in [-0.25, -0.2) is 0 Å². The van der Waals surface area contributed by atoms with Crippen LogP contribution in [0.5, 0.6) is 0 Å². The van der Waals surface area contributed by atoms with Gasteiger partial charge in [0.25, 0.3) is 0 Å². The van der Waals surface area contributed by atoms with Crippen molar-refractivity contribution in [1.82, 2.24) is 10.1 Å². The van der Waals surface area contributed by atoms with Crippen LogP contribution in [0, 0.1) is 12.8 Å². The minimum Gasteiger partial charge on any atom is -0.481 e. The molecule has 6 heteroatoms. The van der Waals surface area contributed by atoms with Gasteiger partial charge in [0.2, 0.25) is 11.7 Å². The van der Waals surface area contributed by atoms with Crippen molar-refractivity contribution in [1.29, 1.82) is 0 Å². The van der Waals surface area contributed by atoms with Gasteiger partial charge in [0.15, 0.2) is 0 Å². The zero-order valence-corrected chi connectivity index (χ0v) is 9.08. The summed E-state index contributed by atoms with van der Waals surface area (Å²) in [6.07, 6.45) is 2.12. The van der Waals surface area contributed by atoms with Crippen LogP contribution in [0.2, 0.25) is 0 Å². The minimum atomic E-state index is -0.811. The number of furan rings is 1. The fourth-order valence-electron chi connectivity index (χ4n) is 1.85. The van der Waals surface area contributed by atoms with Gasteiger partial charge in [0.05, 0.1) is 23.7 Å². The maximum atomic E-state index is 10.7. The van der Waals surface area contributed by atoms with Gasteiger partial charge in [-0.1, -0.05) is 5.16 Å². The molecule has 1 fully saturated rings. The van der Waals surface area contributed by atoms with E-state index in [0.717, 1.165) is 5.56 Å². The lowest BCUT2D eigenvalue weighted by molar-refractivity contribution is -0.138. The third kappa shape index (κ3) is 1.61. The zero-order chi connectivity index (χ0) is 12.0. The van der Waals surface area contributed by atoms with Crippen molar-refractivity contribution >= 4 is 5.97 Å². The first kappa shape index (κ1) is 10.1. The lowest BCUT2D eigenvalue weighted by Crippen LogP contribution is -1.98. The molecule has 17 heavy (non-hydrogen) atoms. The van der Waals surface area contributed by atoms with Crippen molar-refractivity contribution in [2.45, 2.75) is 19.3 Å². The maximum absolute atomic E-state index is 10.7. The van der Waals surface area contributed by atoms with E-state index in [1.165, 1.54) is 0 Å². The monoisotopic (exact) mass is 234 g/mol. The number of hydrogen-bond acceptors (Lipinski definition) is 5. The summed E-state index contributed by atoms with van der Waals surface area (Å²) in [5.41, 5.74) is 0.771. The van der Waals surface area contributed by atoms with Gasteiger partial charge in [0, 0.05) is 0 Å². The fraction of sp³-hybridized carbons (Fsp3) is 0.364. The first-order valence-electron chi connectivity index (χ1n) is 5.27. The van der Waals surface area contributed by atoms with E-state index >= 15 is 0 Å². The number of carboxylic acids is 1. The van der Waals surface area contributed by atoms with Crippen LogP contribution in [0.3, 0.4) is 0 Å². The van der Waals surface area contributed by atoms with Gasteiger partial charge in [-0.3, -0.25) is 4.79 Å². The van der Waals surface area contributed by atoms with Crippen LogP contribution >= 0.6 is 0 Å². The summed E-state index contributed by atoms with van der Waals surface area (Å²) in [5.74, 6) is 0.224. The highest BCUT2D eigenvalue weighted by Crippen LogP contribution is 2.47. The number of hydrogen-bond donors (Lipinski definition) is 1. The van der Waals surface area contributed by atoms with Gasteiger partial charge in [-0.05, 0) is 19.4 Å². The van der Waals surface area contributed by atoms with E-state index in [9.17, 15) is 4.79 Å². The van der Waals surface area contributed by atoms with Gasteiger partial charge < -0.3 is 14.0 Å². The topological polar surface area (TPSA) is 89.4 Å². The molecule has 2 unspecified atom stereocenters. The van der Waals surface area contributed by atoms with Crippen LogP contribution in [-0.2, 0) is 4.79 Å². The molecule has 2 atom stereocenters. The number of nitrogens with zero attached hydrogens (tertiary/aromatic N) is 2. The lowest BCUT2D eigenvalue weighted by atomic mass is 10.2. The summed E-state index contributed by atoms with van der Waals surface area (Å²) in [6, 6.07) is 1.76. The van der Waals surface area contributed by atoms with Crippen LogP contribution in [0.15, 0.2) is 21.3 Å². The van der Waals surface area contributed by atoms with Crippen LogP contribution in [0.25, 0.3) is 11.4 Å². The minimum absolute atomic E-state index is 0.138. The first-order chi connectivity index (χ1) is 8.16. The standard InChI is InChI=1S/C11H10N2O4/c1-5-6(2-3-16-5)9-12-10(17-13-9)7-4-8(7)11(14)15/h2-3,7-8H,4H2,1H3,(H,14,15). The lowest BCUT2D eigenvalue weighted by Gasteiger charge is -1.88. The largest absolute Gasteiger partial charge is 0.481 e. The van der Waals surface area contributed by atoms with Crippen LogP contribution in [0.1, 0.15) is 24.0 Å². The van der Waals surface area contributed by atoms with E-state index < -0.39 is 5.97 Å². The summed E-state index contributed by atoms with van der Waals surface area (Å²) in [6.45, 7) is 1.81. The van der Waals surface area contributed by atoms with Gasteiger partial charge in [0.1, 0.15) is 5.76 Å². The molecule has 0 amide bonds. The molecule has 3 rings (SSSR count). The van der Waals surface area contributed by atoms with Gasteiger partial charge >= 0.3 is 5.97 Å². The number of carboxylic acid groups (broad SMARTS) is 1. The molecule has 0 aliphatic heterocycles. The molecule has 0 aromatic carbocycles. The first-order valence-corrected chi connectivity index (χ1v) is 5.27. The molecule has 1 saturated carbocycles. The smallest absolute Gasteiger partial charge is 0.307 e. The summed E-state index contributed by atoms with van der Waals surface area (Å²) in [4.78, 5) is 14.9. The summed E-state index contributed by atoms with van der Waals surface area (Å²) in [5, 5.41) is 12.7. The zero-order valence-electron chi connectivity index (χ0n) is 9.08. The van der Waals surface area contributed by atoms with Crippen molar-refractivity contribution in [2.24, 2.45) is 5.92 Å². The molecular formula is C11H10N2O4. The normalized spacial score (nSPS) is 22.6. The second-order valence-corrected chi connectivity index (χ2v) is 4.13. The van der Waals surface area contributed by atoms with E-state index in [0.29, 0.717) is 23.9 Å². The van der Waals surface area contributed by atoms with Crippen molar-refractivity contribution in [3.05, 3.63) is 24.0 Å². The molecule has 1 aliphatic carbocycles. The highest BCUT2D eigenvalue weighted by Gasteiger charge is 2.48. The Bertz CT molecular complexity index is 572. The second kappa shape index (κ2) is 3.44. The third-order valence-electron chi connectivity index (χ3n) is 2.97. The number of aryl methyl sites for hydroxylation is 1. The molecule has 1 N–H and O–H groups in total. The highest BCUT2D eigenvalue weighted by atomic mass is 16.5. The average molecular weight is 234 g/mol. The number of aliphatic carboxylic acids is 1. The Labute approximate surface area is 96.2 Å². The highest BCUT2D eigenvalue weighted by molar-refractivity contribution is 5.74. The molecule has 0 bridgehead atoms. The molecule has 2 aromatic rings. The molecule has 2 heterocycles. The fourth-order valence-corrected chi connectivity index (χ4v) is 1.85. The second-order valence-electron chi connectivity index (χ2n) is 4.13. The Morgan fingerprint density at radius 3 is 3.00 bits per heavy atom. The molecule has 88 valence electrons. The Morgan fingerprint density at radius 2 is 2.41 bits per heavy atom. The van der Waals surface area contributed by atoms with E-state index in [2.05, 4.69) is 10.1 Å².